The standard InChI is InChI=1S/C25H30N4O2.2C2HF3O2/c1-29(25(31)22(27)16-18-8-3-2-4-9-18)23(12-7-15-26)24(30)28-21-14-13-19-10-5-6-11-20(19)17-21;2*3-2(4,5)1(6)7/h2-6,8-11,13-14,17,22-23H,7,12,15-16,26-27H2,1H3,(H,28,30);2*(H,6,7)/t22-,23-;;/m0../s1. The van der Waals surface area contributed by atoms with Crippen LogP contribution in [0.2, 0.25) is 0 Å². The molecule has 0 radical (unpaired) electrons. The highest BCUT2D eigenvalue weighted by Crippen LogP contribution is 2.20. The minimum atomic E-state index is -5.08. The molecule has 246 valence electrons. The van der Waals surface area contributed by atoms with Crippen LogP contribution < -0.4 is 16.8 Å². The molecule has 0 aliphatic rings. The molecule has 45 heavy (non-hydrogen) atoms. The Labute approximate surface area is 253 Å². The van der Waals surface area contributed by atoms with E-state index in [-0.39, 0.29) is 11.8 Å². The molecule has 16 heteroatoms. The lowest BCUT2D eigenvalue weighted by Gasteiger charge is -2.29. The fourth-order valence-electron chi connectivity index (χ4n) is 3.67. The van der Waals surface area contributed by atoms with Gasteiger partial charge in [-0.15, -0.1) is 0 Å². The van der Waals surface area contributed by atoms with Crippen LogP contribution in [0.15, 0.2) is 72.8 Å². The number of carbonyl (C=O) groups is 4. The second-order valence-corrected chi connectivity index (χ2v) is 9.35. The van der Waals surface area contributed by atoms with E-state index in [1.807, 2.05) is 72.8 Å². The van der Waals surface area contributed by atoms with E-state index in [1.165, 1.54) is 4.90 Å². The van der Waals surface area contributed by atoms with E-state index in [1.54, 1.807) is 7.05 Å². The largest absolute Gasteiger partial charge is 0.490 e. The summed E-state index contributed by atoms with van der Waals surface area (Å²) >= 11 is 0. The van der Waals surface area contributed by atoms with Gasteiger partial charge in [0.2, 0.25) is 11.8 Å². The van der Waals surface area contributed by atoms with Gasteiger partial charge in [-0.2, -0.15) is 26.3 Å². The number of nitrogens with two attached hydrogens (primary N) is 2. The molecule has 2 atom stereocenters. The maximum Gasteiger partial charge on any atom is 0.490 e. The first-order chi connectivity index (χ1) is 20.9. The third-order valence-electron chi connectivity index (χ3n) is 5.92. The summed E-state index contributed by atoms with van der Waals surface area (Å²) in [4.78, 5) is 45.3. The fraction of sp³-hybridized carbons (Fsp3) is 0.310. The molecule has 0 heterocycles. The van der Waals surface area contributed by atoms with Gasteiger partial charge in [0.1, 0.15) is 6.04 Å². The number of halogens is 6. The number of hydrogen-bond acceptors (Lipinski definition) is 6. The highest BCUT2D eigenvalue weighted by atomic mass is 19.4. The van der Waals surface area contributed by atoms with Crippen LogP contribution in [0.1, 0.15) is 18.4 Å². The molecule has 0 bridgehead atoms. The Balaban J connectivity index is 0.000000601. The Bertz CT molecular complexity index is 1400. The molecule has 3 aromatic rings. The first kappa shape index (κ1) is 38.3. The number of benzene rings is 3. The van der Waals surface area contributed by atoms with Gasteiger partial charge < -0.3 is 31.9 Å². The highest BCUT2D eigenvalue weighted by molar-refractivity contribution is 5.99. The Morgan fingerprint density at radius 3 is 1.80 bits per heavy atom. The molecule has 0 saturated heterocycles. The maximum atomic E-state index is 13.1. The number of carboxylic acids is 2. The molecular weight excluding hydrogens is 614 g/mol. The second-order valence-electron chi connectivity index (χ2n) is 9.35. The van der Waals surface area contributed by atoms with E-state index in [0.717, 1.165) is 16.3 Å². The lowest BCUT2D eigenvalue weighted by Crippen LogP contribution is -2.51. The molecule has 0 fully saturated rings. The van der Waals surface area contributed by atoms with Gasteiger partial charge in [-0.3, -0.25) is 9.59 Å². The summed E-state index contributed by atoms with van der Waals surface area (Å²) < 4.78 is 63.5. The van der Waals surface area contributed by atoms with Crippen molar-refractivity contribution < 1.29 is 55.7 Å². The number of nitrogens with zero attached hydrogens (tertiary/aromatic N) is 1. The molecule has 0 aliphatic carbocycles. The number of amides is 2. The lowest BCUT2D eigenvalue weighted by atomic mass is 10.0. The summed E-state index contributed by atoms with van der Waals surface area (Å²) in [5.41, 5.74) is 13.5. The van der Waals surface area contributed by atoms with E-state index in [2.05, 4.69) is 5.32 Å². The molecule has 7 N–H and O–H groups in total. The van der Waals surface area contributed by atoms with E-state index in [9.17, 15) is 35.9 Å². The molecule has 10 nitrogen and oxygen atoms in total. The van der Waals surface area contributed by atoms with Gasteiger partial charge in [-0.05, 0) is 54.3 Å². The van der Waals surface area contributed by atoms with Gasteiger partial charge in [0.05, 0.1) is 6.04 Å². The summed E-state index contributed by atoms with van der Waals surface area (Å²) in [7, 11) is 1.63. The summed E-state index contributed by atoms with van der Waals surface area (Å²) in [6.07, 6.45) is -8.66. The first-order valence-corrected chi connectivity index (χ1v) is 13.0. The predicted octanol–water partition coefficient (Wildman–Crippen LogP) is 4.18. The normalized spacial score (nSPS) is 12.4. The maximum absolute atomic E-state index is 13.1. The third-order valence-corrected chi connectivity index (χ3v) is 5.92. The van der Waals surface area contributed by atoms with Gasteiger partial charge in [0.15, 0.2) is 0 Å². The van der Waals surface area contributed by atoms with Gasteiger partial charge in [0, 0.05) is 12.7 Å². The number of aliphatic carboxylic acids is 2. The van der Waals surface area contributed by atoms with Gasteiger partial charge in [0.25, 0.3) is 0 Å². The van der Waals surface area contributed by atoms with Crippen LogP contribution in [0.4, 0.5) is 32.0 Å². The number of anilines is 1. The molecule has 0 unspecified atom stereocenters. The van der Waals surface area contributed by atoms with Crippen molar-refractivity contribution in [3.05, 3.63) is 78.4 Å². The summed E-state index contributed by atoms with van der Waals surface area (Å²) in [5.74, 6) is -6.02. The number of carboxylic acid groups (broad SMARTS) is 2. The molecule has 0 spiro atoms. The van der Waals surface area contributed by atoms with Crippen molar-refractivity contribution in [2.45, 2.75) is 43.7 Å². The summed E-state index contributed by atoms with van der Waals surface area (Å²) in [5, 5.41) is 19.3. The van der Waals surface area contributed by atoms with Crippen LogP contribution >= 0.6 is 0 Å². The number of alkyl halides is 6. The summed E-state index contributed by atoms with van der Waals surface area (Å²) in [6, 6.07) is 21.9. The minimum Gasteiger partial charge on any atom is -0.475 e. The zero-order valence-electron chi connectivity index (χ0n) is 23.8. The Hall–Kier alpha value is -4.70. The molecule has 3 rings (SSSR count). The lowest BCUT2D eigenvalue weighted by molar-refractivity contribution is -0.193. The number of likely N-dealkylation sites (N-methyl/N-ethyl adjacent to an activating group) is 1. The van der Waals surface area contributed by atoms with E-state index in [0.29, 0.717) is 31.5 Å². The van der Waals surface area contributed by atoms with Crippen molar-refractivity contribution in [1.29, 1.82) is 0 Å². The molecule has 0 aliphatic heterocycles. The monoisotopic (exact) mass is 646 g/mol. The topological polar surface area (TPSA) is 176 Å². The Morgan fingerprint density at radius 1 is 0.822 bits per heavy atom. The van der Waals surface area contributed by atoms with Gasteiger partial charge in [-0.1, -0.05) is 60.7 Å². The molecule has 3 aromatic carbocycles. The molecular formula is C29H32F6N4O6. The van der Waals surface area contributed by atoms with Crippen molar-refractivity contribution in [2.75, 3.05) is 18.9 Å². The van der Waals surface area contributed by atoms with Crippen molar-refractivity contribution >= 4 is 40.2 Å². The summed E-state index contributed by atoms with van der Waals surface area (Å²) in [6.45, 7) is 0.442. The number of fused-ring (bicyclic) bond motifs is 1. The van der Waals surface area contributed by atoms with Crippen LogP contribution in [-0.4, -0.2) is 76.9 Å². The Morgan fingerprint density at radius 2 is 1.31 bits per heavy atom. The van der Waals surface area contributed by atoms with Crippen LogP contribution in [0.3, 0.4) is 0 Å². The zero-order chi connectivity index (χ0) is 34.4. The number of rotatable bonds is 9. The quantitative estimate of drug-likeness (QED) is 0.215. The fourth-order valence-corrected chi connectivity index (χ4v) is 3.67. The number of carbonyl (C=O) groups excluding carboxylic acids is 2. The van der Waals surface area contributed by atoms with Crippen molar-refractivity contribution in [3.63, 3.8) is 0 Å². The number of nitrogens with one attached hydrogen (secondary N) is 1. The molecule has 0 saturated carbocycles. The predicted molar refractivity (Wildman–Crippen MR) is 153 cm³/mol. The molecule has 0 aromatic heterocycles. The van der Waals surface area contributed by atoms with E-state index >= 15 is 0 Å². The number of hydrogen-bond donors (Lipinski definition) is 5. The van der Waals surface area contributed by atoms with Crippen LogP contribution in [0.25, 0.3) is 10.8 Å². The average Bonchev–Trinajstić information content (AvgIpc) is 2.97. The van der Waals surface area contributed by atoms with E-state index < -0.39 is 36.4 Å². The minimum absolute atomic E-state index is 0.244. The van der Waals surface area contributed by atoms with Crippen molar-refractivity contribution in [1.82, 2.24) is 4.90 Å². The smallest absolute Gasteiger partial charge is 0.475 e. The third kappa shape index (κ3) is 13.6. The van der Waals surface area contributed by atoms with Crippen LogP contribution in [-0.2, 0) is 25.6 Å². The molecule has 2 amide bonds. The van der Waals surface area contributed by atoms with Crippen molar-refractivity contribution in [3.8, 4) is 0 Å². The average molecular weight is 647 g/mol. The highest BCUT2D eigenvalue weighted by Gasteiger charge is 2.39. The van der Waals surface area contributed by atoms with Gasteiger partial charge >= 0.3 is 24.3 Å². The van der Waals surface area contributed by atoms with Gasteiger partial charge in [-0.25, -0.2) is 9.59 Å². The Kier molecular flexibility index (Phi) is 15.0. The van der Waals surface area contributed by atoms with Crippen LogP contribution in [0.5, 0.6) is 0 Å². The first-order valence-electron chi connectivity index (χ1n) is 13.0. The van der Waals surface area contributed by atoms with E-state index in [4.69, 9.17) is 31.3 Å². The second kappa shape index (κ2) is 17.6. The van der Waals surface area contributed by atoms with Crippen LogP contribution in [0, 0.1) is 0 Å². The zero-order valence-corrected chi connectivity index (χ0v) is 23.8. The SMILES string of the molecule is CN(C(=O)[C@@H](N)Cc1ccccc1)[C@@H](CCCN)C(=O)Nc1ccc2ccccc2c1.O=C(O)C(F)(F)F.O=C(O)C(F)(F)F. The van der Waals surface area contributed by atoms with Crippen molar-refractivity contribution in [2.24, 2.45) is 11.5 Å².